The van der Waals surface area contributed by atoms with E-state index in [1.807, 2.05) is 42.5 Å². The number of amides is 5. The second-order valence-corrected chi connectivity index (χ2v) is 13.8. The highest BCUT2D eigenvalue weighted by Crippen LogP contribution is 2.45. The molecule has 13 heteroatoms. The molecule has 0 aromatic heterocycles. The van der Waals surface area contributed by atoms with Crippen LogP contribution in [0.5, 0.6) is 0 Å². The van der Waals surface area contributed by atoms with E-state index < -0.39 is 59.1 Å². The molecule has 262 valence electrons. The minimum atomic E-state index is -1.25. The van der Waals surface area contributed by atoms with E-state index in [1.54, 1.807) is 20.8 Å². The van der Waals surface area contributed by atoms with Crippen LogP contribution in [0.4, 0.5) is 4.79 Å². The highest BCUT2D eigenvalue weighted by molar-refractivity contribution is 5.98. The first-order valence-corrected chi connectivity index (χ1v) is 16.8. The summed E-state index contributed by atoms with van der Waals surface area (Å²) in [4.78, 5) is 79.9. The molecular formula is C35H49N5O8. The number of esters is 1. The molecule has 0 unspecified atom stereocenters. The normalized spacial score (nSPS) is 26.7. The summed E-state index contributed by atoms with van der Waals surface area (Å²) in [6.07, 6.45) is 6.27. The summed E-state index contributed by atoms with van der Waals surface area (Å²) in [7, 11) is 0. The number of carbonyl (C=O) groups excluding carboxylic acids is 6. The summed E-state index contributed by atoms with van der Waals surface area (Å²) in [6, 6.07) is 7.47. The van der Waals surface area contributed by atoms with Crippen LogP contribution in [-0.4, -0.2) is 83.0 Å². The summed E-state index contributed by atoms with van der Waals surface area (Å²) >= 11 is 0. The van der Waals surface area contributed by atoms with E-state index in [2.05, 4.69) is 21.3 Å². The van der Waals surface area contributed by atoms with Crippen LogP contribution in [0.1, 0.15) is 84.6 Å². The van der Waals surface area contributed by atoms with E-state index in [9.17, 15) is 28.8 Å². The van der Waals surface area contributed by atoms with Gasteiger partial charge in [-0.15, -0.1) is 0 Å². The quantitative estimate of drug-likeness (QED) is 0.242. The molecule has 0 spiro atoms. The average molecular weight is 668 g/mol. The van der Waals surface area contributed by atoms with Gasteiger partial charge in [0, 0.05) is 38.8 Å². The fourth-order valence-corrected chi connectivity index (χ4v) is 6.18. The number of carbonyl (C=O) groups is 6. The maximum absolute atomic E-state index is 14.0. The van der Waals surface area contributed by atoms with E-state index in [-0.39, 0.29) is 37.8 Å². The molecule has 0 bridgehead atoms. The lowest BCUT2D eigenvalue weighted by Crippen LogP contribution is -2.58. The molecule has 13 nitrogen and oxygen atoms in total. The van der Waals surface area contributed by atoms with Crippen LogP contribution in [-0.2, 0) is 40.0 Å². The number of nitrogens with zero attached hydrogens (tertiary/aromatic N) is 1. The second kappa shape index (κ2) is 16.1. The summed E-state index contributed by atoms with van der Waals surface area (Å²) in [5.74, 6) is -2.50. The number of alkyl carbamates (subject to hydrolysis) is 1. The Labute approximate surface area is 281 Å². The molecule has 1 aromatic carbocycles. The van der Waals surface area contributed by atoms with Gasteiger partial charge in [0.15, 0.2) is 0 Å². The van der Waals surface area contributed by atoms with Gasteiger partial charge in [0.25, 0.3) is 0 Å². The van der Waals surface area contributed by atoms with Crippen LogP contribution in [0.3, 0.4) is 0 Å². The molecule has 2 aliphatic heterocycles. The summed E-state index contributed by atoms with van der Waals surface area (Å²) in [5.41, 5.74) is -1.07. The number of allylic oxidation sites excluding steroid dienone is 1. The first kappa shape index (κ1) is 36.4. The minimum Gasteiger partial charge on any atom is -0.461 e. The number of fused-ring (bicyclic) bond motifs is 2. The average Bonchev–Trinajstić information content (AvgIpc) is 3.55. The molecule has 4 rings (SSSR count). The van der Waals surface area contributed by atoms with Crippen molar-refractivity contribution in [1.29, 1.82) is 0 Å². The molecule has 5 atom stereocenters. The highest BCUT2D eigenvalue weighted by atomic mass is 16.6. The number of hydrogen-bond donors (Lipinski definition) is 4. The lowest BCUT2D eigenvalue weighted by atomic mass is 10.0. The predicted octanol–water partition coefficient (Wildman–Crippen LogP) is 2.63. The number of rotatable bonds is 8. The van der Waals surface area contributed by atoms with Crippen molar-refractivity contribution < 1.29 is 38.2 Å². The number of nitrogens with one attached hydrogen (secondary N) is 4. The molecule has 0 radical (unpaired) electrons. The van der Waals surface area contributed by atoms with Gasteiger partial charge < -0.3 is 35.6 Å². The van der Waals surface area contributed by atoms with Gasteiger partial charge in [0.1, 0.15) is 29.3 Å². The van der Waals surface area contributed by atoms with Gasteiger partial charge in [-0.05, 0) is 52.0 Å². The van der Waals surface area contributed by atoms with Crippen molar-refractivity contribution >= 4 is 35.7 Å². The Balaban J connectivity index is 1.48. The Morgan fingerprint density at radius 2 is 1.79 bits per heavy atom. The first-order chi connectivity index (χ1) is 22.8. The fraction of sp³-hybridized carbons (Fsp3) is 0.600. The molecule has 4 N–H and O–H groups in total. The zero-order valence-electron chi connectivity index (χ0n) is 28.3. The molecule has 1 aliphatic carbocycles. The van der Waals surface area contributed by atoms with Crippen LogP contribution >= 0.6 is 0 Å². The third-order valence-electron chi connectivity index (χ3n) is 8.64. The number of ether oxygens (including phenoxy) is 2. The summed E-state index contributed by atoms with van der Waals surface area (Å²) in [5, 5.41) is 11.3. The van der Waals surface area contributed by atoms with E-state index in [4.69, 9.17) is 9.47 Å². The molecule has 2 heterocycles. The van der Waals surface area contributed by atoms with Crippen molar-refractivity contribution in [3.05, 3.63) is 48.0 Å². The Hall–Kier alpha value is -4.42. The highest BCUT2D eigenvalue weighted by Gasteiger charge is 2.61. The Morgan fingerprint density at radius 1 is 1.04 bits per heavy atom. The predicted molar refractivity (Wildman–Crippen MR) is 176 cm³/mol. The largest absolute Gasteiger partial charge is 0.461 e. The molecule has 1 aromatic rings. The van der Waals surface area contributed by atoms with Gasteiger partial charge in [-0.2, -0.15) is 0 Å². The SMILES string of the molecule is CC(=O)O[C@@H]1C[C@H]2C(=O)N[C@]3(C(=O)NCCC(=O)NCc4ccccc4)C[C@@H]3/C=C\CCCCC[C@H](NC(=O)OC(C)(C)C)C(=O)N2C1. The van der Waals surface area contributed by atoms with Gasteiger partial charge >= 0.3 is 12.1 Å². The van der Waals surface area contributed by atoms with Crippen LogP contribution in [0.15, 0.2) is 42.5 Å². The second-order valence-electron chi connectivity index (χ2n) is 13.8. The van der Waals surface area contributed by atoms with Crippen LogP contribution < -0.4 is 21.3 Å². The van der Waals surface area contributed by atoms with Crippen molar-refractivity contribution in [3.8, 4) is 0 Å². The van der Waals surface area contributed by atoms with Gasteiger partial charge in [-0.3, -0.25) is 24.0 Å². The van der Waals surface area contributed by atoms with Gasteiger partial charge in [0.2, 0.25) is 23.6 Å². The summed E-state index contributed by atoms with van der Waals surface area (Å²) in [6.45, 7) is 6.84. The summed E-state index contributed by atoms with van der Waals surface area (Å²) < 4.78 is 10.8. The van der Waals surface area contributed by atoms with Crippen molar-refractivity contribution in [3.63, 3.8) is 0 Å². The van der Waals surface area contributed by atoms with E-state index in [1.165, 1.54) is 11.8 Å². The van der Waals surface area contributed by atoms with Gasteiger partial charge in [-0.25, -0.2) is 4.79 Å². The lowest BCUT2D eigenvalue weighted by Gasteiger charge is -2.30. The van der Waals surface area contributed by atoms with Crippen molar-refractivity contribution in [2.45, 2.75) is 115 Å². The third-order valence-corrected chi connectivity index (χ3v) is 8.64. The maximum atomic E-state index is 14.0. The zero-order chi connectivity index (χ0) is 34.9. The van der Waals surface area contributed by atoms with Crippen LogP contribution in [0.2, 0.25) is 0 Å². The number of hydrogen-bond acceptors (Lipinski definition) is 8. The topological polar surface area (TPSA) is 172 Å². The minimum absolute atomic E-state index is 0.0378. The van der Waals surface area contributed by atoms with Crippen molar-refractivity contribution in [2.75, 3.05) is 13.1 Å². The molecule has 48 heavy (non-hydrogen) atoms. The smallest absolute Gasteiger partial charge is 0.408 e. The van der Waals surface area contributed by atoms with E-state index in [0.29, 0.717) is 25.8 Å². The molecule has 2 fully saturated rings. The first-order valence-electron chi connectivity index (χ1n) is 16.8. The Kier molecular flexibility index (Phi) is 12.2. The fourth-order valence-electron chi connectivity index (χ4n) is 6.18. The third kappa shape index (κ3) is 10.3. The van der Waals surface area contributed by atoms with Crippen LogP contribution in [0, 0.1) is 5.92 Å². The Bertz CT molecular complexity index is 1380. The standard InChI is InChI=1S/C35H49N5O8/c1-23(41)47-26-19-28-30(43)39-35(32(45)36-18-17-29(42)37-21-24-13-9-8-10-14-24)20-25(35)15-11-6-5-7-12-16-27(31(44)40(28)22-26)38-33(46)48-34(2,3)4/h8-11,13-15,25-28H,5-7,12,16-22H2,1-4H3,(H,36,45)(H,37,42)(H,38,46)(H,39,43)/b15-11-/t25-,26+,27-,28-,35+/m0/s1. The molecule has 3 aliphatic rings. The molecule has 1 saturated heterocycles. The molecular weight excluding hydrogens is 618 g/mol. The van der Waals surface area contributed by atoms with Crippen molar-refractivity contribution in [1.82, 2.24) is 26.2 Å². The van der Waals surface area contributed by atoms with Crippen molar-refractivity contribution in [2.24, 2.45) is 5.92 Å². The Morgan fingerprint density at radius 3 is 2.50 bits per heavy atom. The monoisotopic (exact) mass is 667 g/mol. The molecule has 5 amide bonds. The van der Waals surface area contributed by atoms with Gasteiger partial charge in [-0.1, -0.05) is 55.3 Å². The molecule has 1 saturated carbocycles. The van der Waals surface area contributed by atoms with Gasteiger partial charge in [0.05, 0.1) is 6.54 Å². The van der Waals surface area contributed by atoms with E-state index in [0.717, 1.165) is 24.8 Å². The van der Waals surface area contributed by atoms with E-state index >= 15 is 0 Å². The maximum Gasteiger partial charge on any atom is 0.408 e. The van der Waals surface area contributed by atoms with Crippen LogP contribution in [0.25, 0.3) is 0 Å². The zero-order valence-corrected chi connectivity index (χ0v) is 28.3. The lowest BCUT2D eigenvalue weighted by molar-refractivity contribution is -0.146. The number of benzene rings is 1.